The highest BCUT2D eigenvalue weighted by molar-refractivity contribution is 5.82. The fourth-order valence-electron chi connectivity index (χ4n) is 6.97. The number of halogens is 7. The van der Waals surface area contributed by atoms with Gasteiger partial charge in [0.15, 0.2) is 0 Å². The second-order valence-electron chi connectivity index (χ2n) is 14.0. The number of hydrogen-bond acceptors (Lipinski definition) is 5. The molecule has 0 radical (unpaired) electrons. The zero-order valence-corrected chi connectivity index (χ0v) is 30.5. The van der Waals surface area contributed by atoms with Gasteiger partial charge in [-0.25, -0.2) is 4.39 Å². The number of benzene rings is 2. The Morgan fingerprint density at radius 2 is 1.55 bits per heavy atom. The Morgan fingerprint density at radius 1 is 0.925 bits per heavy atom. The van der Waals surface area contributed by atoms with Crippen molar-refractivity contribution in [3.63, 3.8) is 0 Å². The van der Waals surface area contributed by atoms with E-state index in [9.17, 15) is 40.7 Å². The highest BCUT2D eigenvalue weighted by Crippen LogP contribution is 2.40. The summed E-state index contributed by atoms with van der Waals surface area (Å²) in [5, 5.41) is 2.49. The number of piperidine rings is 1. The van der Waals surface area contributed by atoms with Crippen molar-refractivity contribution in [1.29, 1.82) is 0 Å². The number of pyridine rings is 1. The van der Waals surface area contributed by atoms with E-state index in [1.165, 1.54) is 6.92 Å². The lowest BCUT2D eigenvalue weighted by atomic mass is 9.90. The van der Waals surface area contributed by atoms with Crippen LogP contribution in [0.25, 0.3) is 11.1 Å². The Kier molecular flexibility index (Phi) is 13.6. The molecule has 0 spiro atoms. The normalized spacial score (nSPS) is 15.3. The van der Waals surface area contributed by atoms with Crippen LogP contribution in [0, 0.1) is 25.6 Å². The first-order valence-corrected chi connectivity index (χ1v) is 17.8. The van der Waals surface area contributed by atoms with Gasteiger partial charge in [0.1, 0.15) is 11.9 Å². The van der Waals surface area contributed by atoms with Gasteiger partial charge in [0.2, 0.25) is 5.91 Å². The Morgan fingerprint density at radius 3 is 2.11 bits per heavy atom. The largest absolute Gasteiger partial charge is 0.466 e. The lowest BCUT2D eigenvalue weighted by Gasteiger charge is -2.28. The summed E-state index contributed by atoms with van der Waals surface area (Å²) in [7, 11) is 0. The van der Waals surface area contributed by atoms with E-state index in [0.29, 0.717) is 35.4 Å². The minimum Gasteiger partial charge on any atom is -0.466 e. The minimum absolute atomic E-state index is 0.0107. The second-order valence-corrected chi connectivity index (χ2v) is 14.0. The molecule has 7 nitrogen and oxygen atoms in total. The molecular weight excluding hydrogens is 707 g/mol. The zero-order chi connectivity index (χ0) is 39.2. The predicted octanol–water partition coefficient (Wildman–Crippen LogP) is 8.74. The Bertz CT molecular complexity index is 1810. The third kappa shape index (κ3) is 10.5. The molecule has 1 amide bonds. The van der Waals surface area contributed by atoms with Crippen molar-refractivity contribution in [2.45, 2.75) is 97.6 Å². The number of carbonyl (C=O) groups is 2. The van der Waals surface area contributed by atoms with Crippen LogP contribution >= 0.6 is 0 Å². The van der Waals surface area contributed by atoms with E-state index in [4.69, 9.17) is 4.74 Å². The molecule has 1 aliphatic heterocycles. The van der Waals surface area contributed by atoms with Gasteiger partial charge in [-0.3, -0.25) is 14.4 Å². The molecule has 53 heavy (non-hydrogen) atoms. The Labute approximate surface area is 304 Å². The van der Waals surface area contributed by atoms with E-state index in [0.717, 1.165) is 49.2 Å². The van der Waals surface area contributed by atoms with Crippen molar-refractivity contribution in [1.82, 2.24) is 14.8 Å². The summed E-state index contributed by atoms with van der Waals surface area (Å²) in [6, 6.07) is 4.15. The van der Waals surface area contributed by atoms with E-state index in [-0.39, 0.29) is 36.5 Å². The van der Waals surface area contributed by atoms with Gasteiger partial charge in [-0.15, -0.1) is 0 Å². The van der Waals surface area contributed by atoms with E-state index in [1.54, 1.807) is 45.9 Å². The summed E-state index contributed by atoms with van der Waals surface area (Å²) < 4.78 is 108. The summed E-state index contributed by atoms with van der Waals surface area (Å²) in [5.74, 6) is -3.96. The molecule has 1 saturated heterocycles. The molecule has 1 aromatic heterocycles. The van der Waals surface area contributed by atoms with Gasteiger partial charge in [0.05, 0.1) is 30.2 Å². The number of nitrogens with one attached hydrogen (secondary N) is 1. The maximum absolute atomic E-state index is 16.1. The van der Waals surface area contributed by atoms with Crippen molar-refractivity contribution in [2.75, 3.05) is 26.2 Å². The summed E-state index contributed by atoms with van der Waals surface area (Å²) in [4.78, 5) is 42.5. The monoisotopic (exact) mass is 753 g/mol. The molecule has 4 rings (SSSR count). The zero-order valence-electron chi connectivity index (χ0n) is 30.5. The van der Waals surface area contributed by atoms with Crippen molar-refractivity contribution in [3.8, 4) is 11.1 Å². The van der Waals surface area contributed by atoms with Crippen molar-refractivity contribution in [3.05, 3.63) is 92.1 Å². The number of rotatable bonds is 13. The van der Waals surface area contributed by atoms with Crippen LogP contribution in [0.3, 0.4) is 0 Å². The minimum atomic E-state index is -5.16. The topological polar surface area (TPSA) is 80.6 Å². The van der Waals surface area contributed by atoms with E-state index >= 15 is 4.39 Å². The van der Waals surface area contributed by atoms with Gasteiger partial charge < -0.3 is 19.5 Å². The van der Waals surface area contributed by atoms with Crippen molar-refractivity contribution >= 4 is 11.9 Å². The molecule has 1 unspecified atom stereocenters. The van der Waals surface area contributed by atoms with Gasteiger partial charge >= 0.3 is 18.3 Å². The average molecular weight is 754 g/mol. The van der Waals surface area contributed by atoms with E-state index in [2.05, 4.69) is 5.32 Å². The third-order valence-corrected chi connectivity index (χ3v) is 9.49. The Balaban J connectivity index is 1.85. The first-order valence-electron chi connectivity index (χ1n) is 17.8. The van der Waals surface area contributed by atoms with Crippen molar-refractivity contribution < 1.29 is 45.1 Å². The van der Waals surface area contributed by atoms with Gasteiger partial charge in [-0.2, -0.15) is 26.3 Å². The van der Waals surface area contributed by atoms with Gasteiger partial charge in [0, 0.05) is 24.4 Å². The molecule has 0 bridgehead atoms. The number of aromatic nitrogens is 1. The maximum Gasteiger partial charge on any atom is 0.419 e. The highest BCUT2D eigenvalue weighted by Gasteiger charge is 2.39. The van der Waals surface area contributed by atoms with Crippen LogP contribution in [-0.4, -0.2) is 47.6 Å². The molecule has 14 heteroatoms. The van der Waals surface area contributed by atoms with E-state index in [1.807, 2.05) is 4.90 Å². The highest BCUT2D eigenvalue weighted by atomic mass is 19.4. The quantitative estimate of drug-likeness (QED) is 0.140. The van der Waals surface area contributed by atoms with Crippen LogP contribution in [0.1, 0.15) is 98.3 Å². The number of esters is 1. The van der Waals surface area contributed by atoms with Crippen LogP contribution in [0.15, 0.2) is 47.4 Å². The van der Waals surface area contributed by atoms with Gasteiger partial charge in [-0.05, 0) is 105 Å². The summed E-state index contributed by atoms with van der Waals surface area (Å²) in [6.45, 7) is 9.89. The summed E-state index contributed by atoms with van der Waals surface area (Å²) in [5.41, 5.74) is -3.14. The molecule has 1 aliphatic rings. The van der Waals surface area contributed by atoms with Crippen LogP contribution in [0.2, 0.25) is 0 Å². The molecule has 2 aromatic carbocycles. The van der Waals surface area contributed by atoms with E-state index < -0.39 is 70.8 Å². The van der Waals surface area contributed by atoms with Gasteiger partial charge in [0.25, 0.3) is 5.56 Å². The molecule has 0 aliphatic carbocycles. The number of nitrogens with zero attached hydrogens (tertiary/aromatic N) is 2. The molecule has 0 saturated carbocycles. The molecule has 290 valence electrons. The number of likely N-dealkylation sites (tertiary alicyclic amines) is 1. The van der Waals surface area contributed by atoms with Crippen LogP contribution < -0.4 is 10.9 Å². The third-order valence-electron chi connectivity index (χ3n) is 9.49. The number of aryl methyl sites for hydroxylation is 2. The fourth-order valence-corrected chi connectivity index (χ4v) is 6.97. The number of alkyl halides is 6. The lowest BCUT2D eigenvalue weighted by molar-refractivity contribution is -0.144. The first kappa shape index (κ1) is 41.6. The smallest absolute Gasteiger partial charge is 0.419 e. The molecule has 3 aromatic rings. The maximum atomic E-state index is 16.1. The van der Waals surface area contributed by atoms with Crippen LogP contribution in [0.4, 0.5) is 30.7 Å². The molecule has 2 atom stereocenters. The molecule has 1 N–H and O–H groups in total. The molecule has 1 fully saturated rings. The predicted molar refractivity (Wildman–Crippen MR) is 187 cm³/mol. The van der Waals surface area contributed by atoms with Crippen LogP contribution in [0.5, 0.6) is 0 Å². The van der Waals surface area contributed by atoms with Crippen LogP contribution in [-0.2, 0) is 33.1 Å². The number of amides is 1. The average Bonchev–Trinajstić information content (AvgIpc) is 3.06. The lowest BCUT2D eigenvalue weighted by Crippen LogP contribution is -2.41. The fraction of sp³-hybridized carbons (Fsp3) is 0.513. The SMILES string of the molecule is CCOC(=O)C[C@H](NC(=O)C(CC(C)C)n1cc(CCN2CCCCC2)c(C(F)(F)F)cc1=O)c1cc(-c2c(C)cccc2C)cc(C(F)(F)F)c1F. The Hall–Kier alpha value is -4.20. The first-order chi connectivity index (χ1) is 24.8. The number of hydrogen-bond donors (Lipinski definition) is 1. The number of ether oxygens (including phenoxy) is 1. The number of carbonyl (C=O) groups excluding carboxylic acids is 2. The van der Waals surface area contributed by atoms with Crippen molar-refractivity contribution in [2.24, 2.45) is 5.92 Å². The standard InChI is InChI=1S/C39H46F7N3O4/c1-6-53-34(51)21-31(28-18-27(19-30(36(28)40)39(44,45)46)35-24(4)11-10-12-25(35)5)47-37(52)32(17-23(2)3)49-22-26(13-16-48-14-8-7-9-15-48)29(20-33(49)50)38(41,42)43/h10-12,18-20,22-23,31-32H,6-9,13-17,21H2,1-5H3,(H,47,52)/t31-,32?/m0/s1. The molecular formula is C39H46F7N3O4. The second kappa shape index (κ2) is 17.3. The molecule has 2 heterocycles. The summed E-state index contributed by atoms with van der Waals surface area (Å²) in [6.07, 6.45) is -7.07. The summed E-state index contributed by atoms with van der Waals surface area (Å²) >= 11 is 0. The van der Waals surface area contributed by atoms with Gasteiger partial charge in [-0.1, -0.05) is 38.5 Å².